The van der Waals surface area contributed by atoms with Crippen LogP contribution in [0.5, 0.6) is 0 Å². The Kier molecular flexibility index (Phi) is 2.86. The molecule has 0 fully saturated rings. The van der Waals surface area contributed by atoms with Gasteiger partial charge in [0.1, 0.15) is 0 Å². The van der Waals surface area contributed by atoms with E-state index in [-0.39, 0.29) is 0 Å². The Labute approximate surface area is 68.1 Å². The minimum Gasteiger partial charge on any atom is -0.280 e. The first kappa shape index (κ1) is 7.72. The van der Waals surface area contributed by atoms with Gasteiger partial charge in [0.15, 0.2) is 0 Å². The molecular weight excluding hydrogens is 194 g/mol. The summed E-state index contributed by atoms with van der Waals surface area (Å²) >= 11 is 3.31. The van der Waals surface area contributed by atoms with Crippen molar-refractivity contribution in [3.8, 4) is 0 Å². The van der Waals surface area contributed by atoms with Crippen molar-refractivity contribution in [1.29, 1.82) is 0 Å². The third-order valence-corrected chi connectivity index (χ3v) is 1.68. The average Bonchev–Trinajstić information content (AvgIpc) is 1.95. The first-order chi connectivity index (χ1) is 4.83. The van der Waals surface area contributed by atoms with E-state index in [9.17, 15) is 0 Å². The fraction of sp³-hybridized carbons (Fsp3) is 0.143. The Morgan fingerprint density at radius 3 is 2.40 bits per heavy atom. The maximum atomic E-state index is 6.48. The SMILES string of the molecule is [NH]OCc1ccc(Br)cc1. The van der Waals surface area contributed by atoms with Crippen LogP contribution in [0.2, 0.25) is 0 Å². The molecule has 1 rings (SSSR count). The summed E-state index contributed by atoms with van der Waals surface area (Å²) in [5.74, 6) is 6.48. The molecule has 0 unspecified atom stereocenters. The smallest absolute Gasteiger partial charge is 0.0950 e. The predicted octanol–water partition coefficient (Wildman–Crippen LogP) is 2.16. The Hall–Kier alpha value is -0.380. The van der Waals surface area contributed by atoms with Gasteiger partial charge in [-0.3, -0.25) is 4.84 Å². The average molecular weight is 201 g/mol. The van der Waals surface area contributed by atoms with Gasteiger partial charge in [-0.1, -0.05) is 28.1 Å². The molecule has 0 saturated heterocycles. The quantitative estimate of drug-likeness (QED) is 0.675. The Bertz CT molecular complexity index is 197. The van der Waals surface area contributed by atoms with Crippen LogP contribution in [0.15, 0.2) is 28.7 Å². The van der Waals surface area contributed by atoms with Crippen molar-refractivity contribution in [2.45, 2.75) is 6.61 Å². The predicted molar refractivity (Wildman–Crippen MR) is 42.0 cm³/mol. The van der Waals surface area contributed by atoms with E-state index >= 15 is 0 Å². The van der Waals surface area contributed by atoms with Crippen LogP contribution in [0.25, 0.3) is 0 Å². The van der Waals surface area contributed by atoms with Gasteiger partial charge in [0.2, 0.25) is 0 Å². The van der Waals surface area contributed by atoms with Crippen LogP contribution >= 0.6 is 15.9 Å². The fourth-order valence-electron chi connectivity index (χ4n) is 0.664. The van der Waals surface area contributed by atoms with Gasteiger partial charge in [0.25, 0.3) is 0 Å². The van der Waals surface area contributed by atoms with Crippen molar-refractivity contribution in [2.75, 3.05) is 0 Å². The summed E-state index contributed by atoms with van der Waals surface area (Å²) in [4.78, 5) is 4.20. The molecule has 2 nitrogen and oxygen atoms in total. The summed E-state index contributed by atoms with van der Waals surface area (Å²) in [5.41, 5.74) is 1.01. The second-order valence-electron chi connectivity index (χ2n) is 1.92. The summed E-state index contributed by atoms with van der Waals surface area (Å²) in [6.07, 6.45) is 0. The fourth-order valence-corrected chi connectivity index (χ4v) is 0.928. The molecule has 53 valence electrons. The topological polar surface area (TPSA) is 33.0 Å². The number of hydrogen-bond acceptors (Lipinski definition) is 1. The number of benzene rings is 1. The molecule has 0 spiro atoms. The minimum atomic E-state index is 0.354. The van der Waals surface area contributed by atoms with Crippen molar-refractivity contribution in [3.63, 3.8) is 0 Å². The van der Waals surface area contributed by atoms with Crippen LogP contribution in [-0.2, 0) is 11.4 Å². The largest absolute Gasteiger partial charge is 0.280 e. The monoisotopic (exact) mass is 200 g/mol. The molecule has 1 aromatic rings. The lowest BCUT2D eigenvalue weighted by Gasteiger charge is -1.96. The molecule has 0 atom stereocenters. The van der Waals surface area contributed by atoms with Crippen LogP contribution in [0.4, 0.5) is 0 Å². The van der Waals surface area contributed by atoms with E-state index in [1.165, 1.54) is 0 Å². The van der Waals surface area contributed by atoms with E-state index in [0.717, 1.165) is 10.0 Å². The van der Waals surface area contributed by atoms with Crippen molar-refractivity contribution in [2.24, 2.45) is 0 Å². The molecule has 0 bridgehead atoms. The number of halogens is 1. The maximum absolute atomic E-state index is 6.48. The highest BCUT2D eigenvalue weighted by Gasteiger charge is 1.89. The zero-order chi connectivity index (χ0) is 7.40. The molecule has 1 radical (unpaired) electrons. The highest BCUT2D eigenvalue weighted by atomic mass is 79.9. The van der Waals surface area contributed by atoms with Crippen LogP contribution < -0.4 is 5.90 Å². The van der Waals surface area contributed by atoms with Crippen molar-refractivity contribution >= 4 is 15.9 Å². The van der Waals surface area contributed by atoms with Gasteiger partial charge < -0.3 is 0 Å². The minimum absolute atomic E-state index is 0.354. The first-order valence-corrected chi connectivity index (χ1v) is 3.65. The van der Waals surface area contributed by atoms with E-state index in [2.05, 4.69) is 20.8 Å². The molecule has 3 heteroatoms. The van der Waals surface area contributed by atoms with Gasteiger partial charge in [-0.15, -0.1) is 5.90 Å². The molecule has 0 amide bonds. The van der Waals surface area contributed by atoms with Crippen LogP contribution in [0.3, 0.4) is 0 Å². The zero-order valence-corrected chi connectivity index (χ0v) is 6.89. The standard InChI is InChI=1S/C7H7BrNO/c8-7-3-1-6(2-4-7)5-10-9/h1-4,9H,5H2. The molecule has 0 aliphatic heterocycles. The van der Waals surface area contributed by atoms with Gasteiger partial charge in [0.05, 0.1) is 6.61 Å². The third kappa shape index (κ3) is 2.10. The summed E-state index contributed by atoms with van der Waals surface area (Å²) in [6.45, 7) is 0.354. The summed E-state index contributed by atoms with van der Waals surface area (Å²) in [6, 6.07) is 7.68. The normalized spacial score (nSPS) is 9.80. The Morgan fingerprint density at radius 2 is 1.90 bits per heavy atom. The summed E-state index contributed by atoms with van der Waals surface area (Å²) in [5, 5.41) is 0. The van der Waals surface area contributed by atoms with Gasteiger partial charge in [0, 0.05) is 4.47 Å². The molecule has 1 aromatic carbocycles. The molecular formula is C7H7BrNO. The summed E-state index contributed by atoms with van der Waals surface area (Å²) in [7, 11) is 0. The molecule has 0 aliphatic rings. The van der Waals surface area contributed by atoms with E-state index in [1.54, 1.807) is 0 Å². The van der Waals surface area contributed by atoms with E-state index in [1.807, 2.05) is 24.3 Å². The lowest BCUT2D eigenvalue weighted by atomic mass is 10.2. The second-order valence-corrected chi connectivity index (χ2v) is 2.83. The summed E-state index contributed by atoms with van der Waals surface area (Å²) < 4.78 is 1.04. The lowest BCUT2D eigenvalue weighted by molar-refractivity contribution is 0.104. The number of rotatable bonds is 2. The van der Waals surface area contributed by atoms with Gasteiger partial charge >= 0.3 is 0 Å². The maximum Gasteiger partial charge on any atom is 0.0950 e. The van der Waals surface area contributed by atoms with Crippen LogP contribution in [-0.4, -0.2) is 0 Å². The van der Waals surface area contributed by atoms with Crippen LogP contribution in [0.1, 0.15) is 5.56 Å². The van der Waals surface area contributed by atoms with E-state index in [4.69, 9.17) is 5.90 Å². The molecule has 0 aromatic heterocycles. The molecule has 0 heterocycles. The molecule has 0 aliphatic carbocycles. The second kappa shape index (κ2) is 3.71. The number of nitrogens with one attached hydrogen (secondary N) is 1. The van der Waals surface area contributed by atoms with Gasteiger partial charge in [-0.2, -0.15) is 0 Å². The third-order valence-electron chi connectivity index (χ3n) is 1.15. The van der Waals surface area contributed by atoms with Crippen molar-refractivity contribution in [3.05, 3.63) is 34.3 Å². The van der Waals surface area contributed by atoms with Gasteiger partial charge in [-0.05, 0) is 17.7 Å². The highest BCUT2D eigenvalue weighted by molar-refractivity contribution is 9.10. The molecule has 0 saturated carbocycles. The van der Waals surface area contributed by atoms with Crippen molar-refractivity contribution < 1.29 is 4.84 Å². The molecule has 1 N–H and O–H groups in total. The number of hydrogen-bond donors (Lipinski definition) is 0. The Morgan fingerprint density at radius 1 is 1.30 bits per heavy atom. The Balaban J connectivity index is 2.69. The van der Waals surface area contributed by atoms with Crippen molar-refractivity contribution in [1.82, 2.24) is 5.90 Å². The van der Waals surface area contributed by atoms with Crippen LogP contribution in [0, 0.1) is 0 Å². The van der Waals surface area contributed by atoms with E-state index in [0.29, 0.717) is 6.61 Å². The first-order valence-electron chi connectivity index (χ1n) is 2.86. The van der Waals surface area contributed by atoms with Gasteiger partial charge in [-0.25, -0.2) is 0 Å². The highest BCUT2D eigenvalue weighted by Crippen LogP contribution is 2.10. The van der Waals surface area contributed by atoms with E-state index < -0.39 is 0 Å². The molecule has 10 heavy (non-hydrogen) atoms. The lowest BCUT2D eigenvalue weighted by Crippen LogP contribution is -1.87. The zero-order valence-electron chi connectivity index (χ0n) is 5.30.